The number of rotatable bonds is 6. The second-order valence-electron chi connectivity index (χ2n) is 7.72. The van der Waals surface area contributed by atoms with E-state index in [0.29, 0.717) is 25.8 Å². The molecule has 0 aliphatic carbocycles. The first-order valence-electron chi connectivity index (χ1n) is 9.89. The summed E-state index contributed by atoms with van der Waals surface area (Å²) in [5, 5.41) is 6.75. The average Bonchev–Trinajstić information content (AvgIpc) is 3.33. The summed E-state index contributed by atoms with van der Waals surface area (Å²) in [5.41, 5.74) is 4.54. The third-order valence-corrected chi connectivity index (χ3v) is 5.58. The number of amides is 1. The van der Waals surface area contributed by atoms with Crippen LogP contribution in [0, 0.1) is 12.7 Å². The maximum atomic E-state index is 13.8. The van der Waals surface area contributed by atoms with Gasteiger partial charge >= 0.3 is 0 Å². The van der Waals surface area contributed by atoms with Crippen molar-refractivity contribution in [2.45, 2.75) is 38.8 Å². The summed E-state index contributed by atoms with van der Waals surface area (Å²) < 4.78 is 15.9. The molecule has 1 aliphatic heterocycles. The van der Waals surface area contributed by atoms with Crippen LogP contribution >= 0.6 is 9.24 Å². The monoisotopic (exact) mass is 422 g/mol. The summed E-state index contributed by atoms with van der Waals surface area (Å²) in [6.45, 7) is 6.63. The molecule has 0 saturated heterocycles. The predicted molar refractivity (Wildman–Crippen MR) is 121 cm³/mol. The molecule has 1 aromatic carbocycles. The van der Waals surface area contributed by atoms with Crippen LogP contribution in [0.2, 0.25) is 0 Å². The molecule has 0 spiro atoms. The Morgan fingerprint density at radius 2 is 2.13 bits per heavy atom. The van der Waals surface area contributed by atoms with E-state index in [2.05, 4.69) is 36.5 Å². The molecule has 3 heterocycles. The first-order chi connectivity index (χ1) is 14.4. The van der Waals surface area contributed by atoms with Crippen molar-refractivity contribution in [2.24, 2.45) is 5.10 Å². The van der Waals surface area contributed by atoms with Crippen molar-refractivity contribution >= 4 is 37.7 Å². The Labute approximate surface area is 177 Å². The number of aryl methyl sites for hydroxylation is 1. The summed E-state index contributed by atoms with van der Waals surface area (Å²) in [7, 11) is 2.66. The van der Waals surface area contributed by atoms with Gasteiger partial charge in [0.15, 0.2) is 0 Å². The van der Waals surface area contributed by atoms with E-state index in [1.165, 1.54) is 17.1 Å². The molecule has 0 N–H and O–H groups in total. The molecule has 3 aromatic rings. The Kier molecular flexibility index (Phi) is 5.78. The highest BCUT2D eigenvalue weighted by molar-refractivity contribution is 7.27. The Morgan fingerprint density at radius 1 is 1.30 bits per heavy atom. The zero-order valence-electron chi connectivity index (χ0n) is 16.9. The number of hydrogen-bond acceptors (Lipinski definition) is 3. The molecule has 154 valence electrons. The number of halogens is 1. The lowest BCUT2D eigenvalue weighted by molar-refractivity contribution is -0.133. The van der Waals surface area contributed by atoms with Gasteiger partial charge in [-0.05, 0) is 54.0 Å². The maximum absolute atomic E-state index is 13.8. The number of hydrogen-bond donors (Lipinski definition) is 0. The van der Waals surface area contributed by atoms with Gasteiger partial charge in [0.25, 0.3) is 0 Å². The highest BCUT2D eigenvalue weighted by Gasteiger charge is 2.28. The van der Waals surface area contributed by atoms with E-state index >= 15 is 0 Å². The van der Waals surface area contributed by atoms with Crippen LogP contribution in [0.4, 0.5) is 4.39 Å². The SMILES string of the molecule is C=C(CCC(=O)N1N=CCC1c1cc(C)cc(F)c1)Cn1ccc2ncc(P)cc21. The minimum atomic E-state index is -0.292. The second-order valence-corrected chi connectivity index (χ2v) is 8.38. The van der Waals surface area contributed by atoms with Crippen molar-refractivity contribution in [3.8, 4) is 0 Å². The minimum absolute atomic E-state index is 0.0805. The lowest BCUT2D eigenvalue weighted by Crippen LogP contribution is -2.27. The van der Waals surface area contributed by atoms with E-state index in [4.69, 9.17) is 0 Å². The third-order valence-electron chi connectivity index (χ3n) is 5.26. The van der Waals surface area contributed by atoms with E-state index in [0.717, 1.165) is 33.0 Å². The number of benzene rings is 1. The average molecular weight is 422 g/mol. The van der Waals surface area contributed by atoms with E-state index in [1.54, 1.807) is 6.21 Å². The van der Waals surface area contributed by atoms with Crippen LogP contribution in [0.1, 0.15) is 36.4 Å². The molecule has 2 atom stereocenters. The molecule has 0 fully saturated rings. The van der Waals surface area contributed by atoms with Crippen LogP contribution in [0.15, 0.2) is 60.0 Å². The molecule has 0 bridgehead atoms. The lowest BCUT2D eigenvalue weighted by Gasteiger charge is -2.23. The molecular formula is C23H24FN4OP. The van der Waals surface area contributed by atoms with Crippen LogP contribution in [-0.4, -0.2) is 26.7 Å². The van der Waals surface area contributed by atoms with Crippen LogP contribution in [0.25, 0.3) is 11.0 Å². The standard InChI is InChI=1S/C23H24FN4OP/c1-15(14-27-8-6-20-22(27)12-19(30)13-25-20)3-4-23(29)28-21(5-7-26-28)17-9-16(2)10-18(24)11-17/h6-13,21H,1,3-5,14,30H2,2H3. The second kappa shape index (κ2) is 8.49. The molecule has 1 aliphatic rings. The highest BCUT2D eigenvalue weighted by atomic mass is 31.0. The smallest absolute Gasteiger partial charge is 0.243 e. The number of aromatic nitrogens is 2. The van der Waals surface area contributed by atoms with Gasteiger partial charge in [0.05, 0.1) is 17.1 Å². The quantitative estimate of drug-likeness (QED) is 0.440. The number of allylic oxidation sites excluding steroid dienone is 1. The Hall–Kier alpha value is -2.85. The van der Waals surface area contributed by atoms with Crippen LogP contribution < -0.4 is 5.30 Å². The molecule has 4 rings (SSSR count). The molecule has 5 nitrogen and oxygen atoms in total. The molecule has 30 heavy (non-hydrogen) atoms. The number of pyridine rings is 1. The highest BCUT2D eigenvalue weighted by Crippen LogP contribution is 2.30. The zero-order valence-corrected chi connectivity index (χ0v) is 18.0. The Bertz CT molecular complexity index is 1130. The van der Waals surface area contributed by atoms with Gasteiger partial charge in [0, 0.05) is 38.0 Å². The first-order valence-corrected chi connectivity index (χ1v) is 10.5. The fraction of sp³-hybridized carbons (Fsp3) is 0.261. The van der Waals surface area contributed by atoms with Gasteiger partial charge in [0.1, 0.15) is 5.82 Å². The minimum Gasteiger partial charge on any atom is -0.342 e. The van der Waals surface area contributed by atoms with Gasteiger partial charge in [-0.1, -0.05) is 18.2 Å². The fourth-order valence-electron chi connectivity index (χ4n) is 3.82. The van der Waals surface area contributed by atoms with Crippen molar-refractivity contribution in [3.63, 3.8) is 0 Å². The Balaban J connectivity index is 1.39. The van der Waals surface area contributed by atoms with Gasteiger partial charge in [-0.25, -0.2) is 9.40 Å². The normalized spacial score (nSPS) is 15.8. The van der Waals surface area contributed by atoms with Crippen molar-refractivity contribution in [3.05, 3.63) is 71.8 Å². The zero-order chi connectivity index (χ0) is 21.3. The van der Waals surface area contributed by atoms with Gasteiger partial charge in [-0.2, -0.15) is 5.10 Å². The number of fused-ring (bicyclic) bond motifs is 1. The summed E-state index contributed by atoms with van der Waals surface area (Å²) in [4.78, 5) is 17.2. The lowest BCUT2D eigenvalue weighted by atomic mass is 10.0. The molecular weight excluding hydrogens is 398 g/mol. The van der Waals surface area contributed by atoms with Gasteiger partial charge in [-0.3, -0.25) is 9.78 Å². The topological polar surface area (TPSA) is 50.5 Å². The molecule has 0 radical (unpaired) electrons. The first kappa shape index (κ1) is 20.4. The van der Waals surface area contributed by atoms with Crippen LogP contribution in [0.5, 0.6) is 0 Å². The van der Waals surface area contributed by atoms with E-state index in [-0.39, 0.29) is 17.8 Å². The number of hydrazone groups is 1. The fourth-order valence-corrected chi connectivity index (χ4v) is 4.05. The van der Waals surface area contributed by atoms with Gasteiger partial charge in [-0.15, -0.1) is 9.24 Å². The van der Waals surface area contributed by atoms with Crippen molar-refractivity contribution < 1.29 is 9.18 Å². The van der Waals surface area contributed by atoms with Crippen molar-refractivity contribution in [1.29, 1.82) is 0 Å². The van der Waals surface area contributed by atoms with E-state index in [9.17, 15) is 9.18 Å². The maximum Gasteiger partial charge on any atom is 0.243 e. The van der Waals surface area contributed by atoms with Crippen molar-refractivity contribution in [1.82, 2.24) is 14.6 Å². The number of carbonyl (C=O) groups is 1. The molecule has 2 aromatic heterocycles. The van der Waals surface area contributed by atoms with E-state index in [1.807, 2.05) is 31.5 Å². The van der Waals surface area contributed by atoms with Crippen LogP contribution in [-0.2, 0) is 11.3 Å². The number of carbonyl (C=O) groups excluding carboxylic acids is 1. The molecule has 1 amide bonds. The van der Waals surface area contributed by atoms with E-state index < -0.39 is 0 Å². The van der Waals surface area contributed by atoms with Gasteiger partial charge < -0.3 is 4.57 Å². The molecule has 0 saturated carbocycles. The van der Waals surface area contributed by atoms with Crippen molar-refractivity contribution in [2.75, 3.05) is 0 Å². The third kappa shape index (κ3) is 4.34. The number of nitrogens with zero attached hydrogens (tertiary/aromatic N) is 4. The summed E-state index contributed by atoms with van der Waals surface area (Å²) in [6, 6.07) is 8.67. The Morgan fingerprint density at radius 3 is 2.93 bits per heavy atom. The predicted octanol–water partition coefficient (Wildman–Crippen LogP) is 4.28. The summed E-state index contributed by atoms with van der Waals surface area (Å²) >= 11 is 0. The van der Waals surface area contributed by atoms with Crippen LogP contribution in [0.3, 0.4) is 0 Å². The van der Waals surface area contributed by atoms with Gasteiger partial charge in [0.2, 0.25) is 5.91 Å². The molecule has 7 heteroatoms. The summed E-state index contributed by atoms with van der Waals surface area (Å²) in [6.07, 6.45) is 6.99. The largest absolute Gasteiger partial charge is 0.342 e. The summed E-state index contributed by atoms with van der Waals surface area (Å²) in [5.74, 6) is -0.372. The molecule has 2 unspecified atom stereocenters.